The smallest absolute Gasteiger partial charge is 0.320 e. The molecule has 0 unspecified atom stereocenters. The molecule has 0 saturated heterocycles. The fourth-order valence-corrected chi connectivity index (χ4v) is 0.973. The highest BCUT2D eigenvalue weighted by molar-refractivity contribution is 5.73. The van der Waals surface area contributed by atoms with Gasteiger partial charge >= 0.3 is 5.97 Å². The molecule has 0 heterocycles. The van der Waals surface area contributed by atoms with E-state index < -0.39 is 12.0 Å². The number of carbonyl (C=O) groups is 1. The summed E-state index contributed by atoms with van der Waals surface area (Å²) in [6.45, 7) is 4.00. The van der Waals surface area contributed by atoms with E-state index in [-0.39, 0.29) is 12.2 Å². The standard InChI is InChI=1S/C9H11NO3.C2H6.CH3F/c10-8(9(12)13)5-6-1-3-7(11)4-2-6;2*1-2/h1-4,8,11H,5,10H2,(H,12,13);1-2H3;1H3/t8-;;/m1../s1. The maximum atomic E-state index is 10.4. The molecule has 1 aromatic rings. The molecule has 0 aliphatic rings. The van der Waals surface area contributed by atoms with Crippen LogP contribution in [0.1, 0.15) is 19.4 Å². The highest BCUT2D eigenvalue weighted by Crippen LogP contribution is 2.10. The zero-order valence-corrected chi connectivity index (χ0v) is 10.4. The van der Waals surface area contributed by atoms with Crippen molar-refractivity contribution in [1.82, 2.24) is 0 Å². The van der Waals surface area contributed by atoms with Crippen molar-refractivity contribution in [3.05, 3.63) is 29.8 Å². The molecule has 17 heavy (non-hydrogen) atoms. The molecular formula is C12H20FNO3. The van der Waals surface area contributed by atoms with Crippen LogP contribution < -0.4 is 5.73 Å². The minimum absolute atomic E-state index is 0.160. The fourth-order valence-electron chi connectivity index (χ4n) is 0.973. The number of phenols is 1. The highest BCUT2D eigenvalue weighted by Gasteiger charge is 2.11. The van der Waals surface area contributed by atoms with Crippen LogP contribution in [0.2, 0.25) is 0 Å². The van der Waals surface area contributed by atoms with Gasteiger partial charge in [-0.15, -0.1) is 0 Å². The molecule has 0 fully saturated rings. The van der Waals surface area contributed by atoms with Gasteiger partial charge in [0.15, 0.2) is 0 Å². The lowest BCUT2D eigenvalue weighted by molar-refractivity contribution is -0.138. The molecule has 4 nitrogen and oxygen atoms in total. The minimum atomic E-state index is -1.02. The predicted molar refractivity (Wildman–Crippen MR) is 65.8 cm³/mol. The molecular weight excluding hydrogens is 225 g/mol. The van der Waals surface area contributed by atoms with Crippen molar-refractivity contribution in [2.24, 2.45) is 5.73 Å². The third-order valence-electron chi connectivity index (χ3n) is 1.71. The van der Waals surface area contributed by atoms with E-state index in [1.807, 2.05) is 13.8 Å². The average Bonchev–Trinajstić information content (AvgIpc) is 2.37. The van der Waals surface area contributed by atoms with Gasteiger partial charge in [-0.1, -0.05) is 26.0 Å². The van der Waals surface area contributed by atoms with Gasteiger partial charge in [-0.3, -0.25) is 9.18 Å². The van der Waals surface area contributed by atoms with Crippen LogP contribution in [0.15, 0.2) is 24.3 Å². The lowest BCUT2D eigenvalue weighted by atomic mass is 10.1. The number of benzene rings is 1. The zero-order valence-electron chi connectivity index (χ0n) is 10.4. The summed E-state index contributed by atoms with van der Waals surface area (Å²) in [5, 5.41) is 17.5. The van der Waals surface area contributed by atoms with Crippen molar-refractivity contribution in [2.75, 3.05) is 7.18 Å². The van der Waals surface area contributed by atoms with Crippen LogP contribution in [0.3, 0.4) is 0 Å². The predicted octanol–water partition coefficient (Wildman–Crippen LogP) is 1.96. The summed E-state index contributed by atoms with van der Waals surface area (Å²) in [6, 6.07) is 5.42. The van der Waals surface area contributed by atoms with Crippen LogP contribution in [-0.4, -0.2) is 29.4 Å². The van der Waals surface area contributed by atoms with Gasteiger partial charge in [-0.25, -0.2) is 0 Å². The number of nitrogens with two attached hydrogens (primary N) is 1. The molecule has 1 atom stereocenters. The number of carboxylic acids is 1. The van der Waals surface area contributed by atoms with E-state index in [1.165, 1.54) is 12.1 Å². The number of rotatable bonds is 3. The molecule has 0 aromatic heterocycles. The van der Waals surface area contributed by atoms with Crippen LogP contribution in [0.25, 0.3) is 0 Å². The Morgan fingerprint density at radius 2 is 1.71 bits per heavy atom. The van der Waals surface area contributed by atoms with Gasteiger partial charge in [0.05, 0.1) is 7.18 Å². The largest absolute Gasteiger partial charge is 0.508 e. The minimum Gasteiger partial charge on any atom is -0.508 e. The van der Waals surface area contributed by atoms with Crippen molar-refractivity contribution in [2.45, 2.75) is 26.3 Å². The Morgan fingerprint density at radius 3 is 2.06 bits per heavy atom. The normalized spacial score (nSPS) is 10.2. The maximum Gasteiger partial charge on any atom is 0.320 e. The lowest BCUT2D eigenvalue weighted by Gasteiger charge is -2.05. The fraction of sp³-hybridized carbons (Fsp3) is 0.417. The van der Waals surface area contributed by atoms with Crippen molar-refractivity contribution in [3.8, 4) is 5.75 Å². The van der Waals surface area contributed by atoms with E-state index in [4.69, 9.17) is 15.9 Å². The average molecular weight is 245 g/mol. The summed E-state index contributed by atoms with van der Waals surface area (Å²) in [7, 11) is 0.500. The highest BCUT2D eigenvalue weighted by atomic mass is 19.1. The number of phenolic OH excluding ortho intramolecular Hbond substituents is 1. The molecule has 98 valence electrons. The number of halogens is 1. The third-order valence-corrected chi connectivity index (χ3v) is 1.71. The number of aromatic hydroxyl groups is 1. The second-order valence-corrected chi connectivity index (χ2v) is 2.82. The molecule has 1 aromatic carbocycles. The Kier molecular flexibility index (Phi) is 11.4. The summed E-state index contributed by atoms with van der Waals surface area (Å²) in [6.07, 6.45) is 0.273. The Hall–Kier alpha value is -1.62. The van der Waals surface area contributed by atoms with Gasteiger partial charge in [-0.2, -0.15) is 0 Å². The Bertz CT molecular complexity index is 301. The maximum absolute atomic E-state index is 10.4. The second kappa shape index (κ2) is 10.9. The van der Waals surface area contributed by atoms with Gasteiger partial charge in [0.1, 0.15) is 11.8 Å². The molecule has 0 spiro atoms. The van der Waals surface area contributed by atoms with Crippen molar-refractivity contribution < 1.29 is 19.4 Å². The molecule has 0 aliphatic carbocycles. The van der Waals surface area contributed by atoms with Crippen molar-refractivity contribution >= 4 is 5.97 Å². The van der Waals surface area contributed by atoms with Crippen LogP contribution in [0.5, 0.6) is 5.75 Å². The quantitative estimate of drug-likeness (QED) is 0.760. The summed E-state index contributed by atoms with van der Waals surface area (Å²) in [5.74, 6) is -0.860. The number of hydrogen-bond donors (Lipinski definition) is 3. The van der Waals surface area contributed by atoms with Gasteiger partial charge in [-0.05, 0) is 24.1 Å². The van der Waals surface area contributed by atoms with E-state index >= 15 is 0 Å². The first-order chi connectivity index (χ1) is 8.09. The topological polar surface area (TPSA) is 83.5 Å². The molecule has 0 aliphatic heterocycles. The monoisotopic (exact) mass is 245 g/mol. The Balaban J connectivity index is 0. The number of alkyl halides is 1. The van der Waals surface area contributed by atoms with Crippen molar-refractivity contribution in [3.63, 3.8) is 0 Å². The molecule has 4 N–H and O–H groups in total. The summed E-state index contributed by atoms with van der Waals surface area (Å²) in [4.78, 5) is 10.4. The first kappa shape index (κ1) is 17.8. The zero-order chi connectivity index (χ0) is 13.8. The SMILES string of the molecule is CC.CF.N[C@H](Cc1ccc(O)cc1)C(=O)O. The number of carboxylic acid groups (broad SMARTS) is 1. The third kappa shape index (κ3) is 8.21. The molecule has 0 saturated carbocycles. The first-order valence-corrected chi connectivity index (χ1v) is 5.23. The van der Waals surface area contributed by atoms with E-state index in [2.05, 4.69) is 0 Å². The molecule has 1 rings (SSSR count). The summed E-state index contributed by atoms with van der Waals surface area (Å²) < 4.78 is 9.50. The van der Waals surface area contributed by atoms with Crippen LogP contribution in [0.4, 0.5) is 4.39 Å². The van der Waals surface area contributed by atoms with Crippen LogP contribution >= 0.6 is 0 Å². The molecule has 0 radical (unpaired) electrons. The number of aliphatic carboxylic acids is 1. The van der Waals surface area contributed by atoms with Crippen molar-refractivity contribution in [1.29, 1.82) is 0 Å². The van der Waals surface area contributed by atoms with Crippen LogP contribution in [0, 0.1) is 0 Å². The first-order valence-electron chi connectivity index (χ1n) is 5.23. The second-order valence-electron chi connectivity index (χ2n) is 2.82. The van der Waals surface area contributed by atoms with Crippen LogP contribution in [-0.2, 0) is 11.2 Å². The van der Waals surface area contributed by atoms with E-state index in [9.17, 15) is 9.18 Å². The Labute approximate surface area is 101 Å². The molecule has 0 bridgehead atoms. The van der Waals surface area contributed by atoms with Gasteiger partial charge in [0, 0.05) is 0 Å². The summed E-state index contributed by atoms with van der Waals surface area (Å²) in [5.41, 5.74) is 6.12. The van der Waals surface area contributed by atoms with E-state index in [0.29, 0.717) is 7.18 Å². The van der Waals surface area contributed by atoms with Gasteiger partial charge < -0.3 is 15.9 Å². The van der Waals surface area contributed by atoms with E-state index in [1.54, 1.807) is 12.1 Å². The summed E-state index contributed by atoms with van der Waals surface area (Å²) >= 11 is 0. The van der Waals surface area contributed by atoms with Gasteiger partial charge in [0.25, 0.3) is 0 Å². The molecule has 0 amide bonds. The lowest BCUT2D eigenvalue weighted by Crippen LogP contribution is -2.32. The van der Waals surface area contributed by atoms with E-state index in [0.717, 1.165) is 5.56 Å². The Morgan fingerprint density at radius 1 is 1.29 bits per heavy atom. The number of hydrogen-bond acceptors (Lipinski definition) is 3. The molecule has 5 heteroatoms. The van der Waals surface area contributed by atoms with Gasteiger partial charge in [0.2, 0.25) is 0 Å².